The molecule has 1 heterocycles. The fraction of sp³-hybridized carbons (Fsp3) is 0.741. The molecule has 1 aliphatic rings. The van der Waals surface area contributed by atoms with Gasteiger partial charge in [0.05, 0.1) is 13.0 Å². The highest BCUT2D eigenvalue weighted by Gasteiger charge is 2.49. The lowest BCUT2D eigenvalue weighted by Crippen LogP contribution is -2.65. The van der Waals surface area contributed by atoms with Crippen LogP contribution in [0.25, 0.3) is 0 Å². The van der Waals surface area contributed by atoms with Gasteiger partial charge in [0.2, 0.25) is 5.91 Å². The number of hydrogen-bond acceptors (Lipinski definition) is 9. The summed E-state index contributed by atoms with van der Waals surface area (Å²) in [6.07, 6.45) is 22.2. The van der Waals surface area contributed by atoms with Gasteiger partial charge in [0, 0.05) is 12.8 Å². The van der Waals surface area contributed by atoms with Gasteiger partial charge in [0.15, 0.2) is 20.7 Å². The van der Waals surface area contributed by atoms with E-state index in [0.717, 1.165) is 89.9 Å². The molecule has 0 spiro atoms. The lowest BCUT2D eigenvalue weighted by molar-refractivity contribution is -0.258. The van der Waals surface area contributed by atoms with E-state index in [1.165, 1.54) is 75.3 Å². The number of unbranched alkanes of at least 4 members (excludes halogenated alkanes) is 20. The van der Waals surface area contributed by atoms with Crippen LogP contribution in [-0.2, 0) is 45.9 Å². The van der Waals surface area contributed by atoms with Crippen molar-refractivity contribution in [2.45, 2.75) is 269 Å². The molecule has 0 aliphatic carbocycles. The molecule has 2 aromatic carbocycles. The number of aryl methyl sites for hydroxylation is 2. The summed E-state index contributed by atoms with van der Waals surface area (Å²) in [4.78, 5) is 40.5. The molecule has 3 rings (SSSR count). The number of aliphatic hydroxyl groups excluding tert-OH is 2. The zero-order valence-electron chi connectivity index (χ0n) is 44.2. The van der Waals surface area contributed by atoms with Gasteiger partial charge < -0.3 is 34.2 Å². The molecule has 0 bridgehead atoms. The average molecular weight is 980 g/mol. The van der Waals surface area contributed by atoms with Crippen molar-refractivity contribution in [1.82, 2.24) is 5.32 Å². The van der Waals surface area contributed by atoms with Crippen LogP contribution in [0.2, 0.25) is 18.1 Å². The first-order valence-electron chi connectivity index (χ1n) is 27.6. The third-order valence-corrected chi connectivity index (χ3v) is 18.9. The molecule has 10 nitrogen and oxygen atoms in total. The fourth-order valence-electron chi connectivity index (χ4n) is 8.92. The molecular formula is C58H97NO9Si. The minimum absolute atomic E-state index is 0.000304. The SMILES string of the molecule is CCCCCCCCCCC[C@@H](CC(=O)N[C@H]1C(O)O[C@H](CO[Si](C)(C)C(C)(C)C)[C@@H](O)[C@@H]1OC(=O)CCCCCCCCCc1ccccc1)OC(=O)CCCCCCCCCc1ccccc1. The van der Waals surface area contributed by atoms with Crippen LogP contribution < -0.4 is 5.32 Å². The third-order valence-electron chi connectivity index (χ3n) is 14.4. The van der Waals surface area contributed by atoms with Crippen LogP contribution in [0.1, 0.15) is 212 Å². The number of carbonyl (C=O) groups excluding carboxylic acids is 3. The molecule has 1 fully saturated rings. The number of amides is 1. The normalized spacial score (nSPS) is 19.0. The van der Waals surface area contributed by atoms with Crippen LogP contribution >= 0.6 is 0 Å². The highest BCUT2D eigenvalue weighted by atomic mass is 28.4. The van der Waals surface area contributed by atoms with Gasteiger partial charge in [-0.05, 0) is 80.6 Å². The van der Waals surface area contributed by atoms with Crippen molar-refractivity contribution in [3.8, 4) is 0 Å². The number of aliphatic hydroxyl groups is 2. The molecule has 6 atom stereocenters. The first kappa shape index (κ1) is 60.2. The Balaban J connectivity index is 1.55. The molecule has 0 saturated carbocycles. The van der Waals surface area contributed by atoms with Crippen molar-refractivity contribution in [3.63, 3.8) is 0 Å². The highest BCUT2D eigenvalue weighted by molar-refractivity contribution is 6.74. The van der Waals surface area contributed by atoms with Crippen molar-refractivity contribution in [1.29, 1.82) is 0 Å². The first-order chi connectivity index (χ1) is 33.2. The molecule has 69 heavy (non-hydrogen) atoms. The van der Waals surface area contributed by atoms with Gasteiger partial charge >= 0.3 is 11.9 Å². The van der Waals surface area contributed by atoms with Gasteiger partial charge in [-0.2, -0.15) is 0 Å². The average Bonchev–Trinajstić information content (AvgIpc) is 3.31. The molecule has 1 saturated heterocycles. The lowest BCUT2D eigenvalue weighted by Gasteiger charge is -2.44. The number of esters is 2. The standard InChI is InChI=1S/C58H97NO9Si/c1-7-8-9-10-11-12-17-22-33-42-49(66-52(61)43-34-23-18-13-15-20-27-36-47-38-29-25-30-39-47)45-51(60)59-54-56(55(63)50(67-57(54)64)46-65-69(5,6)58(2,3)4)68-53(62)44-35-24-19-14-16-21-28-37-48-40-31-26-32-41-48/h25-26,29-32,38-41,49-50,54-57,63-64H,7-24,27-28,33-37,42-46H2,1-6H3,(H,59,60)/t49-,50+,54+,55+,56+,57?/m0/s1. The summed E-state index contributed by atoms with van der Waals surface area (Å²) in [5.74, 6) is -1.28. The van der Waals surface area contributed by atoms with Gasteiger partial charge in [-0.1, -0.05) is 204 Å². The van der Waals surface area contributed by atoms with Crippen molar-refractivity contribution in [2.75, 3.05) is 6.61 Å². The monoisotopic (exact) mass is 980 g/mol. The molecule has 1 unspecified atom stereocenters. The van der Waals surface area contributed by atoms with Crippen LogP contribution in [0, 0.1) is 0 Å². The van der Waals surface area contributed by atoms with Crippen molar-refractivity contribution in [2.24, 2.45) is 0 Å². The summed E-state index contributed by atoms with van der Waals surface area (Å²) in [5.41, 5.74) is 2.76. The maximum Gasteiger partial charge on any atom is 0.306 e. The first-order valence-corrected chi connectivity index (χ1v) is 30.5. The molecule has 0 radical (unpaired) electrons. The lowest BCUT2D eigenvalue weighted by atomic mass is 9.96. The van der Waals surface area contributed by atoms with Crippen LogP contribution in [0.5, 0.6) is 0 Å². The van der Waals surface area contributed by atoms with E-state index in [9.17, 15) is 24.6 Å². The molecule has 392 valence electrons. The van der Waals surface area contributed by atoms with E-state index >= 15 is 0 Å². The van der Waals surface area contributed by atoms with E-state index in [4.69, 9.17) is 18.6 Å². The Morgan fingerprint density at radius 2 is 1.09 bits per heavy atom. The van der Waals surface area contributed by atoms with E-state index < -0.39 is 56.9 Å². The number of rotatable bonds is 38. The number of ether oxygens (including phenoxy) is 3. The molecular weight excluding hydrogens is 883 g/mol. The summed E-state index contributed by atoms with van der Waals surface area (Å²) >= 11 is 0. The molecule has 1 aliphatic heterocycles. The zero-order valence-corrected chi connectivity index (χ0v) is 45.2. The number of hydrogen-bond donors (Lipinski definition) is 3. The van der Waals surface area contributed by atoms with Crippen molar-refractivity contribution < 1.29 is 43.2 Å². The largest absolute Gasteiger partial charge is 0.462 e. The maximum atomic E-state index is 13.9. The molecule has 11 heteroatoms. The number of benzene rings is 2. The second kappa shape index (κ2) is 35.1. The van der Waals surface area contributed by atoms with Crippen LogP contribution in [0.15, 0.2) is 60.7 Å². The topological polar surface area (TPSA) is 141 Å². The predicted octanol–water partition coefficient (Wildman–Crippen LogP) is 13.4. The van der Waals surface area contributed by atoms with E-state index in [1.54, 1.807) is 0 Å². The third kappa shape index (κ3) is 26.3. The molecule has 0 aromatic heterocycles. The predicted molar refractivity (Wildman–Crippen MR) is 282 cm³/mol. The highest BCUT2D eigenvalue weighted by Crippen LogP contribution is 2.37. The summed E-state index contributed by atoms with van der Waals surface area (Å²) in [5, 5.41) is 25.9. The van der Waals surface area contributed by atoms with Crippen molar-refractivity contribution in [3.05, 3.63) is 71.8 Å². The smallest absolute Gasteiger partial charge is 0.306 e. The van der Waals surface area contributed by atoms with Gasteiger partial charge in [0.1, 0.15) is 24.4 Å². The quantitative estimate of drug-likeness (QED) is 0.0341. The van der Waals surface area contributed by atoms with Crippen LogP contribution in [-0.4, -0.2) is 79.7 Å². The Morgan fingerprint density at radius 1 is 0.638 bits per heavy atom. The maximum absolute atomic E-state index is 13.9. The van der Waals surface area contributed by atoms with E-state index in [-0.39, 0.29) is 30.5 Å². The van der Waals surface area contributed by atoms with Gasteiger partial charge in [0.25, 0.3) is 0 Å². The Kier molecular flexibility index (Phi) is 30.6. The minimum Gasteiger partial charge on any atom is -0.462 e. The number of carbonyl (C=O) groups is 3. The van der Waals surface area contributed by atoms with Gasteiger partial charge in [-0.15, -0.1) is 0 Å². The summed E-state index contributed by atoms with van der Waals surface area (Å²) in [6.45, 7) is 12.8. The van der Waals surface area contributed by atoms with E-state index in [0.29, 0.717) is 19.3 Å². The Labute approximate surface area is 420 Å². The summed E-state index contributed by atoms with van der Waals surface area (Å²) in [6, 6.07) is 19.9. The Morgan fingerprint density at radius 3 is 1.58 bits per heavy atom. The van der Waals surface area contributed by atoms with Crippen molar-refractivity contribution >= 4 is 26.2 Å². The summed E-state index contributed by atoms with van der Waals surface area (Å²) < 4.78 is 24.3. The molecule has 3 N–H and O–H groups in total. The molecule has 2 aromatic rings. The molecule has 1 amide bonds. The van der Waals surface area contributed by atoms with Crippen LogP contribution in [0.3, 0.4) is 0 Å². The Bertz CT molecular complexity index is 1640. The zero-order chi connectivity index (χ0) is 50.2. The fourth-order valence-corrected chi connectivity index (χ4v) is 9.93. The number of nitrogens with one attached hydrogen (secondary N) is 1. The second-order valence-electron chi connectivity index (χ2n) is 21.5. The second-order valence-corrected chi connectivity index (χ2v) is 26.3. The van der Waals surface area contributed by atoms with Gasteiger partial charge in [-0.3, -0.25) is 14.4 Å². The minimum atomic E-state index is -2.27. The van der Waals surface area contributed by atoms with Gasteiger partial charge in [-0.25, -0.2) is 0 Å². The van der Waals surface area contributed by atoms with E-state index in [2.05, 4.69) is 101 Å². The van der Waals surface area contributed by atoms with E-state index in [1.807, 2.05) is 6.07 Å². The Hall–Kier alpha value is -3.09. The summed E-state index contributed by atoms with van der Waals surface area (Å²) in [7, 11) is -2.27. The van der Waals surface area contributed by atoms with Crippen LogP contribution in [0.4, 0.5) is 0 Å².